The van der Waals surface area contributed by atoms with Crippen LogP contribution in [0.3, 0.4) is 0 Å². The molecule has 2 aromatic rings. The molecule has 0 aliphatic carbocycles. The van der Waals surface area contributed by atoms with E-state index in [0.29, 0.717) is 17.1 Å². The molecule has 2 heterocycles. The lowest BCUT2D eigenvalue weighted by Crippen LogP contribution is -2.31. The number of rotatable bonds is 3. The highest BCUT2D eigenvalue weighted by Gasteiger charge is 2.18. The molecular formula is C13H17N5O2. The molecule has 0 spiro atoms. The predicted molar refractivity (Wildman–Crippen MR) is 74.9 cm³/mol. The van der Waals surface area contributed by atoms with Crippen molar-refractivity contribution in [2.24, 2.45) is 7.05 Å². The van der Waals surface area contributed by atoms with E-state index in [2.05, 4.69) is 20.6 Å². The second-order valence-electron chi connectivity index (χ2n) is 4.60. The topological polar surface area (TPSA) is 92.7 Å². The summed E-state index contributed by atoms with van der Waals surface area (Å²) in [5, 5.41) is 13.4. The summed E-state index contributed by atoms with van der Waals surface area (Å²) in [6, 6.07) is 1.74. The van der Waals surface area contributed by atoms with Gasteiger partial charge in [0.25, 0.3) is 11.5 Å². The zero-order chi connectivity index (χ0) is 14.9. The molecule has 2 N–H and O–H groups in total. The Morgan fingerprint density at radius 3 is 2.75 bits per heavy atom. The lowest BCUT2D eigenvalue weighted by Gasteiger charge is -2.08. The second kappa shape index (κ2) is 5.28. The van der Waals surface area contributed by atoms with Crippen LogP contribution >= 0.6 is 0 Å². The molecule has 7 nitrogen and oxygen atoms in total. The van der Waals surface area contributed by atoms with Gasteiger partial charge in [-0.15, -0.1) is 0 Å². The summed E-state index contributed by atoms with van der Waals surface area (Å²) in [6.45, 7) is 5.45. The van der Waals surface area contributed by atoms with Gasteiger partial charge in [0.05, 0.1) is 5.69 Å². The number of carbonyl (C=O) groups excluding carboxylic acids is 1. The van der Waals surface area contributed by atoms with Gasteiger partial charge >= 0.3 is 0 Å². The third-order valence-corrected chi connectivity index (χ3v) is 3.21. The summed E-state index contributed by atoms with van der Waals surface area (Å²) in [7, 11) is 1.52. The van der Waals surface area contributed by atoms with Gasteiger partial charge in [-0.25, -0.2) is 4.68 Å². The summed E-state index contributed by atoms with van der Waals surface area (Å²) in [5.41, 5.74) is 1.82. The van der Waals surface area contributed by atoms with Gasteiger partial charge < -0.3 is 5.32 Å². The van der Waals surface area contributed by atoms with Crippen LogP contribution in [0, 0.1) is 13.8 Å². The first-order valence-electron chi connectivity index (χ1n) is 6.34. The van der Waals surface area contributed by atoms with Gasteiger partial charge in [-0.1, -0.05) is 6.92 Å². The Morgan fingerprint density at radius 1 is 1.45 bits per heavy atom. The highest BCUT2D eigenvalue weighted by atomic mass is 16.2. The molecule has 2 rings (SSSR count). The summed E-state index contributed by atoms with van der Waals surface area (Å²) in [6.07, 6.45) is 0.790. The van der Waals surface area contributed by atoms with Crippen molar-refractivity contribution in [3.05, 3.63) is 38.9 Å². The van der Waals surface area contributed by atoms with Crippen molar-refractivity contribution >= 4 is 11.7 Å². The normalized spacial score (nSPS) is 10.6. The summed E-state index contributed by atoms with van der Waals surface area (Å²) in [4.78, 5) is 24.3. The molecule has 0 bridgehead atoms. The van der Waals surface area contributed by atoms with Crippen LogP contribution in [0.1, 0.15) is 34.2 Å². The van der Waals surface area contributed by atoms with E-state index in [1.807, 2.05) is 6.92 Å². The van der Waals surface area contributed by atoms with E-state index < -0.39 is 11.5 Å². The minimum Gasteiger partial charge on any atom is -0.305 e. The van der Waals surface area contributed by atoms with Crippen LogP contribution in [0.2, 0.25) is 0 Å². The van der Waals surface area contributed by atoms with Crippen molar-refractivity contribution < 1.29 is 4.79 Å². The number of nitrogens with one attached hydrogen (secondary N) is 2. The van der Waals surface area contributed by atoms with Crippen molar-refractivity contribution in [1.82, 2.24) is 20.0 Å². The summed E-state index contributed by atoms with van der Waals surface area (Å²) in [5.74, 6) is -0.0643. The molecule has 0 fully saturated rings. The highest BCUT2D eigenvalue weighted by Crippen LogP contribution is 2.10. The number of aromatic nitrogens is 4. The Hall–Kier alpha value is -2.44. The monoisotopic (exact) mass is 275 g/mol. The average molecular weight is 275 g/mol. The smallest absolute Gasteiger partial charge is 0.279 e. The van der Waals surface area contributed by atoms with E-state index in [9.17, 15) is 9.59 Å². The molecule has 7 heteroatoms. The minimum atomic E-state index is -0.470. The predicted octanol–water partition coefficient (Wildman–Crippen LogP) is 0.935. The van der Waals surface area contributed by atoms with Crippen molar-refractivity contribution in [2.45, 2.75) is 27.2 Å². The van der Waals surface area contributed by atoms with Crippen molar-refractivity contribution in [3.63, 3.8) is 0 Å². The Kier molecular flexibility index (Phi) is 3.69. The quantitative estimate of drug-likeness (QED) is 0.871. The third-order valence-electron chi connectivity index (χ3n) is 3.21. The van der Waals surface area contributed by atoms with Gasteiger partial charge in [0, 0.05) is 18.8 Å². The van der Waals surface area contributed by atoms with E-state index in [1.54, 1.807) is 19.9 Å². The SMILES string of the molecule is CCc1cc(NC(=O)c2c(C)c(C)nn(C)c2=O)n[nH]1. The lowest BCUT2D eigenvalue weighted by molar-refractivity contribution is 0.102. The standard InChI is InChI=1S/C13H17N5O2/c1-5-9-6-10(16-15-9)14-12(19)11-7(2)8(3)17-18(4)13(11)20/h6H,5H2,1-4H3,(H2,14,15,16,19). The highest BCUT2D eigenvalue weighted by molar-refractivity contribution is 6.04. The van der Waals surface area contributed by atoms with E-state index in [0.717, 1.165) is 12.1 Å². The van der Waals surface area contributed by atoms with Crippen molar-refractivity contribution in [3.8, 4) is 0 Å². The number of carbonyl (C=O) groups is 1. The number of hydrogen-bond acceptors (Lipinski definition) is 4. The molecule has 0 saturated carbocycles. The molecule has 1 amide bonds. The number of H-pyrrole nitrogens is 1. The van der Waals surface area contributed by atoms with E-state index >= 15 is 0 Å². The molecule has 0 atom stereocenters. The molecule has 0 unspecified atom stereocenters. The number of aryl methyl sites for hydroxylation is 3. The van der Waals surface area contributed by atoms with Crippen LogP contribution in [-0.4, -0.2) is 25.9 Å². The fourth-order valence-electron chi connectivity index (χ4n) is 1.90. The fraction of sp³-hybridized carbons (Fsp3) is 0.385. The average Bonchev–Trinajstić information content (AvgIpc) is 2.84. The molecule has 0 aliphatic heterocycles. The van der Waals surface area contributed by atoms with E-state index in [4.69, 9.17) is 0 Å². The molecule has 0 radical (unpaired) electrons. The van der Waals surface area contributed by atoms with Crippen LogP contribution < -0.4 is 10.9 Å². The zero-order valence-corrected chi connectivity index (χ0v) is 11.9. The van der Waals surface area contributed by atoms with Crippen LogP contribution in [0.25, 0.3) is 0 Å². The van der Waals surface area contributed by atoms with Crippen LogP contribution in [0.5, 0.6) is 0 Å². The van der Waals surface area contributed by atoms with E-state index in [1.165, 1.54) is 11.7 Å². The number of nitrogens with zero attached hydrogens (tertiary/aromatic N) is 3. The summed E-state index contributed by atoms with van der Waals surface area (Å²) < 4.78 is 1.17. The molecule has 0 saturated heterocycles. The van der Waals surface area contributed by atoms with Crippen molar-refractivity contribution in [1.29, 1.82) is 0 Å². The fourth-order valence-corrected chi connectivity index (χ4v) is 1.90. The van der Waals surface area contributed by atoms with Crippen LogP contribution in [0.4, 0.5) is 5.82 Å². The first kappa shape index (κ1) is 14.0. The maximum Gasteiger partial charge on any atom is 0.279 e. The number of amides is 1. The van der Waals surface area contributed by atoms with Crippen LogP contribution in [-0.2, 0) is 13.5 Å². The molecule has 0 aliphatic rings. The van der Waals surface area contributed by atoms with Crippen molar-refractivity contribution in [2.75, 3.05) is 5.32 Å². The molecular weight excluding hydrogens is 258 g/mol. The Bertz CT molecular complexity index is 714. The largest absolute Gasteiger partial charge is 0.305 e. The third kappa shape index (κ3) is 2.47. The van der Waals surface area contributed by atoms with Gasteiger partial charge in [-0.3, -0.25) is 14.7 Å². The van der Waals surface area contributed by atoms with Crippen LogP contribution in [0.15, 0.2) is 10.9 Å². The van der Waals surface area contributed by atoms with Gasteiger partial charge in [-0.2, -0.15) is 10.2 Å². The maximum absolute atomic E-state index is 12.3. The maximum atomic E-state index is 12.3. The number of anilines is 1. The zero-order valence-electron chi connectivity index (χ0n) is 11.9. The second-order valence-corrected chi connectivity index (χ2v) is 4.60. The van der Waals surface area contributed by atoms with Gasteiger partial charge in [0.2, 0.25) is 0 Å². The van der Waals surface area contributed by atoms with Gasteiger partial charge in [-0.05, 0) is 25.8 Å². The summed E-state index contributed by atoms with van der Waals surface area (Å²) >= 11 is 0. The Labute approximate surface area is 116 Å². The van der Waals surface area contributed by atoms with Gasteiger partial charge in [0.1, 0.15) is 5.56 Å². The minimum absolute atomic E-state index is 0.0982. The number of aromatic amines is 1. The Balaban J connectivity index is 2.37. The lowest BCUT2D eigenvalue weighted by atomic mass is 10.1. The molecule has 20 heavy (non-hydrogen) atoms. The number of hydrogen-bond donors (Lipinski definition) is 2. The molecule has 106 valence electrons. The van der Waals surface area contributed by atoms with E-state index in [-0.39, 0.29) is 5.56 Å². The first-order valence-corrected chi connectivity index (χ1v) is 6.34. The van der Waals surface area contributed by atoms with Gasteiger partial charge in [0.15, 0.2) is 5.82 Å². The molecule has 0 aromatic carbocycles. The molecule has 2 aromatic heterocycles. The Morgan fingerprint density at radius 2 is 2.15 bits per heavy atom. The first-order chi connectivity index (χ1) is 9.43.